The van der Waals surface area contributed by atoms with Crippen LogP contribution < -0.4 is 10.1 Å². The van der Waals surface area contributed by atoms with Gasteiger partial charge in [-0.2, -0.15) is 0 Å². The van der Waals surface area contributed by atoms with Gasteiger partial charge in [0.15, 0.2) is 9.84 Å². The summed E-state index contributed by atoms with van der Waals surface area (Å²) in [5.41, 5.74) is 1.71. The lowest BCUT2D eigenvalue weighted by Crippen LogP contribution is -2.24. The molecule has 0 aliphatic carbocycles. The number of nitrogens with one attached hydrogen (secondary N) is 1. The second-order valence-corrected chi connectivity index (χ2v) is 8.51. The van der Waals surface area contributed by atoms with Crippen molar-refractivity contribution in [2.45, 2.75) is 18.4 Å². The van der Waals surface area contributed by atoms with Crippen molar-refractivity contribution in [2.24, 2.45) is 0 Å². The van der Waals surface area contributed by atoms with Gasteiger partial charge in [0, 0.05) is 30.6 Å². The zero-order valence-corrected chi connectivity index (χ0v) is 16.7. The van der Waals surface area contributed by atoms with Crippen LogP contribution in [0.1, 0.15) is 21.5 Å². The number of sulfone groups is 1. The predicted molar refractivity (Wildman–Crippen MR) is 106 cm³/mol. The van der Waals surface area contributed by atoms with Crippen LogP contribution in [0.3, 0.4) is 0 Å². The summed E-state index contributed by atoms with van der Waals surface area (Å²) in [7, 11) is -3.41. The van der Waals surface area contributed by atoms with Crippen molar-refractivity contribution in [3.63, 3.8) is 0 Å². The number of carbonyl (C=O) groups is 1. The molecular formula is C21H19FN2O4S. The molecule has 0 radical (unpaired) electrons. The van der Waals surface area contributed by atoms with Crippen molar-refractivity contribution in [1.82, 2.24) is 10.3 Å². The van der Waals surface area contributed by atoms with Crippen LogP contribution in [-0.4, -0.2) is 25.6 Å². The van der Waals surface area contributed by atoms with E-state index in [-0.39, 0.29) is 23.2 Å². The van der Waals surface area contributed by atoms with E-state index in [2.05, 4.69) is 10.3 Å². The van der Waals surface area contributed by atoms with E-state index in [0.29, 0.717) is 22.8 Å². The summed E-state index contributed by atoms with van der Waals surface area (Å²) in [5.74, 6) is -0.00487. The van der Waals surface area contributed by atoms with E-state index in [9.17, 15) is 17.6 Å². The zero-order chi connectivity index (χ0) is 21.0. The van der Waals surface area contributed by atoms with Gasteiger partial charge < -0.3 is 10.1 Å². The maximum absolute atomic E-state index is 13.0. The number of hydrogen-bond acceptors (Lipinski definition) is 5. The summed E-state index contributed by atoms with van der Waals surface area (Å²) >= 11 is 0. The molecule has 8 heteroatoms. The Morgan fingerprint density at radius 1 is 1.10 bits per heavy atom. The Hall–Kier alpha value is -3.26. The molecule has 3 aromatic rings. The smallest absolute Gasteiger partial charge is 0.251 e. The Morgan fingerprint density at radius 3 is 2.52 bits per heavy atom. The summed E-state index contributed by atoms with van der Waals surface area (Å²) in [6.45, 7) is 1.94. The fourth-order valence-corrected chi connectivity index (χ4v) is 3.24. The number of amides is 1. The number of benzene rings is 2. The van der Waals surface area contributed by atoms with Gasteiger partial charge in [-0.05, 0) is 60.5 Å². The molecule has 1 amide bonds. The highest BCUT2D eigenvalue weighted by molar-refractivity contribution is 7.90. The van der Waals surface area contributed by atoms with Gasteiger partial charge in [0.25, 0.3) is 5.91 Å². The van der Waals surface area contributed by atoms with Crippen molar-refractivity contribution >= 4 is 15.7 Å². The minimum Gasteiger partial charge on any atom is -0.439 e. The molecule has 1 N–H and O–H groups in total. The van der Waals surface area contributed by atoms with Crippen molar-refractivity contribution in [1.29, 1.82) is 0 Å². The van der Waals surface area contributed by atoms with Crippen LogP contribution in [-0.2, 0) is 16.4 Å². The van der Waals surface area contributed by atoms with Crippen LogP contribution in [0.4, 0.5) is 4.39 Å². The van der Waals surface area contributed by atoms with Crippen LogP contribution in [0.2, 0.25) is 0 Å². The van der Waals surface area contributed by atoms with E-state index in [0.717, 1.165) is 11.8 Å². The highest BCUT2D eigenvalue weighted by atomic mass is 32.2. The summed E-state index contributed by atoms with van der Waals surface area (Å²) in [6.07, 6.45) is 2.63. The lowest BCUT2D eigenvalue weighted by Gasteiger charge is -2.10. The molecule has 0 spiro atoms. The summed E-state index contributed by atoms with van der Waals surface area (Å²) in [6, 6.07) is 13.4. The average molecular weight is 414 g/mol. The fraction of sp³-hybridized carbons (Fsp3) is 0.143. The number of carbonyl (C=O) groups excluding carboxylic acids is 1. The highest BCUT2D eigenvalue weighted by Crippen LogP contribution is 2.20. The van der Waals surface area contributed by atoms with Crippen molar-refractivity contribution in [3.8, 4) is 11.6 Å². The van der Waals surface area contributed by atoms with E-state index < -0.39 is 9.84 Å². The number of hydrogen-bond donors (Lipinski definition) is 1. The first-order valence-corrected chi connectivity index (χ1v) is 10.6. The molecule has 0 aliphatic heterocycles. The Balaban J connectivity index is 1.70. The minimum absolute atomic E-state index is 0.0899. The third-order valence-corrected chi connectivity index (χ3v) is 5.28. The Kier molecular flexibility index (Phi) is 5.93. The second kappa shape index (κ2) is 8.40. The zero-order valence-electron chi connectivity index (χ0n) is 15.8. The maximum atomic E-state index is 13.0. The molecule has 0 aliphatic rings. The number of pyridine rings is 1. The van der Waals surface area contributed by atoms with E-state index in [4.69, 9.17) is 4.74 Å². The summed E-state index contributed by atoms with van der Waals surface area (Å²) < 4.78 is 42.0. The Morgan fingerprint density at radius 2 is 1.83 bits per heavy atom. The average Bonchev–Trinajstić information content (AvgIpc) is 2.68. The second-order valence-electron chi connectivity index (χ2n) is 6.49. The Labute approximate surface area is 168 Å². The SMILES string of the molecule is Cc1ccc(S(C)(=O)=O)cc1C(=O)NCc1ccnc(Oc2ccc(F)cc2)c1. The molecule has 0 fully saturated rings. The number of rotatable bonds is 6. The predicted octanol–water partition coefficient (Wildman–Crippen LogP) is 3.65. The van der Waals surface area contributed by atoms with Crippen molar-refractivity contribution in [2.75, 3.05) is 6.26 Å². The fourth-order valence-electron chi connectivity index (χ4n) is 2.59. The van der Waals surface area contributed by atoms with Gasteiger partial charge in [0.1, 0.15) is 11.6 Å². The number of nitrogens with zero attached hydrogens (tertiary/aromatic N) is 1. The van der Waals surface area contributed by atoms with Gasteiger partial charge in [-0.25, -0.2) is 17.8 Å². The maximum Gasteiger partial charge on any atom is 0.251 e. The third-order valence-electron chi connectivity index (χ3n) is 4.17. The van der Waals surface area contributed by atoms with E-state index in [1.807, 2.05) is 0 Å². The Bertz CT molecular complexity index is 1150. The van der Waals surface area contributed by atoms with Gasteiger partial charge >= 0.3 is 0 Å². The summed E-state index contributed by atoms with van der Waals surface area (Å²) in [5, 5.41) is 2.77. The molecule has 0 saturated heterocycles. The molecule has 3 rings (SSSR count). The molecule has 0 saturated carbocycles. The molecule has 2 aromatic carbocycles. The standard InChI is InChI=1S/C21H19FN2O4S/c1-14-3-8-18(29(2,26)27)12-19(14)21(25)24-13-15-9-10-23-20(11-15)28-17-6-4-16(22)5-7-17/h3-12H,13H2,1-2H3,(H,24,25). The van der Waals surface area contributed by atoms with Crippen LogP contribution in [0.25, 0.3) is 0 Å². The molecule has 1 heterocycles. The number of aryl methyl sites for hydroxylation is 1. The topological polar surface area (TPSA) is 85.4 Å². The van der Waals surface area contributed by atoms with E-state index in [1.54, 1.807) is 25.1 Å². The van der Waals surface area contributed by atoms with Gasteiger partial charge in [-0.3, -0.25) is 4.79 Å². The lowest BCUT2D eigenvalue weighted by molar-refractivity contribution is 0.0950. The van der Waals surface area contributed by atoms with E-state index in [1.165, 1.54) is 42.6 Å². The van der Waals surface area contributed by atoms with Gasteiger partial charge in [-0.1, -0.05) is 6.07 Å². The molecule has 29 heavy (non-hydrogen) atoms. The van der Waals surface area contributed by atoms with Gasteiger partial charge in [0.05, 0.1) is 4.90 Å². The monoisotopic (exact) mass is 414 g/mol. The normalized spacial score (nSPS) is 11.1. The van der Waals surface area contributed by atoms with Crippen LogP contribution >= 0.6 is 0 Å². The largest absolute Gasteiger partial charge is 0.439 e. The number of ether oxygens (including phenoxy) is 1. The first-order chi connectivity index (χ1) is 13.7. The first-order valence-electron chi connectivity index (χ1n) is 8.69. The van der Waals surface area contributed by atoms with Crippen molar-refractivity contribution in [3.05, 3.63) is 83.3 Å². The number of halogens is 1. The molecule has 0 bridgehead atoms. The molecule has 0 atom stereocenters. The first kappa shape index (κ1) is 20.5. The van der Waals surface area contributed by atoms with Gasteiger partial charge in [0.2, 0.25) is 5.88 Å². The van der Waals surface area contributed by atoms with E-state index >= 15 is 0 Å². The molecular weight excluding hydrogens is 395 g/mol. The van der Waals surface area contributed by atoms with Gasteiger partial charge in [-0.15, -0.1) is 0 Å². The molecule has 6 nitrogen and oxygen atoms in total. The van der Waals surface area contributed by atoms with Crippen molar-refractivity contribution < 1.29 is 22.3 Å². The highest BCUT2D eigenvalue weighted by Gasteiger charge is 2.14. The third kappa shape index (κ3) is 5.39. The quantitative estimate of drug-likeness (QED) is 0.665. The summed E-state index contributed by atoms with van der Waals surface area (Å²) in [4.78, 5) is 16.7. The lowest BCUT2D eigenvalue weighted by atomic mass is 10.1. The van der Waals surface area contributed by atoms with Crippen LogP contribution in [0.5, 0.6) is 11.6 Å². The van der Waals surface area contributed by atoms with Crippen LogP contribution in [0, 0.1) is 12.7 Å². The number of aromatic nitrogens is 1. The van der Waals surface area contributed by atoms with Crippen LogP contribution in [0.15, 0.2) is 65.7 Å². The minimum atomic E-state index is -3.41. The molecule has 1 aromatic heterocycles. The molecule has 0 unspecified atom stereocenters. The molecule has 150 valence electrons.